The maximum absolute atomic E-state index is 12.6. The number of anilines is 1. The molecule has 3 heterocycles. The second-order valence-corrected chi connectivity index (χ2v) is 7.41. The van der Waals surface area contributed by atoms with E-state index in [4.69, 9.17) is 10.8 Å². The molecule has 4 N–H and O–H groups in total. The lowest BCUT2D eigenvalue weighted by Gasteiger charge is -2.48. The Hall–Kier alpha value is -2.33. The summed E-state index contributed by atoms with van der Waals surface area (Å²) in [6.07, 6.45) is 3.84. The Morgan fingerprint density at radius 2 is 2.32 bits per heavy atom. The van der Waals surface area contributed by atoms with E-state index >= 15 is 0 Å². The van der Waals surface area contributed by atoms with Crippen molar-refractivity contribution in [2.45, 2.75) is 24.8 Å². The zero-order chi connectivity index (χ0) is 18.1. The van der Waals surface area contributed by atoms with Crippen molar-refractivity contribution in [3.05, 3.63) is 28.9 Å². The zero-order valence-corrected chi connectivity index (χ0v) is 14.9. The molecular weight excluding hydrogens is 364 g/mol. The Morgan fingerprint density at radius 3 is 2.92 bits per heavy atom. The summed E-state index contributed by atoms with van der Waals surface area (Å²) in [6.45, 7) is 1.89. The minimum absolute atomic E-state index is 0.0316. The summed E-state index contributed by atoms with van der Waals surface area (Å²) >= 11 is 2.64. The van der Waals surface area contributed by atoms with E-state index in [0.717, 1.165) is 0 Å². The number of carbonyl (C=O) groups excluding carboxylic acids is 2. The third-order valence-corrected chi connectivity index (χ3v) is 5.66. The van der Waals surface area contributed by atoms with Gasteiger partial charge < -0.3 is 16.2 Å². The summed E-state index contributed by atoms with van der Waals surface area (Å²) in [6, 6.07) is -0.753. The molecule has 132 valence electrons. The molecule has 0 spiro atoms. The summed E-state index contributed by atoms with van der Waals surface area (Å²) in [4.78, 5) is 41.5. The van der Waals surface area contributed by atoms with Crippen molar-refractivity contribution >= 4 is 51.6 Å². The number of aromatic nitrogens is 1. The number of nitrogens with one attached hydrogen (secondary N) is 1. The van der Waals surface area contributed by atoms with Gasteiger partial charge in [-0.05, 0) is 12.5 Å². The number of fused-ring (bicyclic) bond motifs is 1. The molecular formula is C15H16N4O4S2. The maximum atomic E-state index is 12.6. The van der Waals surface area contributed by atoms with Crippen LogP contribution in [-0.4, -0.2) is 49.9 Å². The molecule has 0 bridgehead atoms. The van der Waals surface area contributed by atoms with Crippen molar-refractivity contribution in [2.75, 3.05) is 11.5 Å². The Morgan fingerprint density at radius 1 is 1.56 bits per heavy atom. The van der Waals surface area contributed by atoms with Crippen molar-refractivity contribution in [3.63, 3.8) is 0 Å². The van der Waals surface area contributed by atoms with E-state index in [-0.39, 0.29) is 5.70 Å². The first-order valence-corrected chi connectivity index (χ1v) is 9.47. The first-order valence-electron chi connectivity index (χ1n) is 7.54. The standard InChI is InChI=1S/C15H16N4O4S2/c1-2-3-7(8-6-25-15(16)17-8)11(20)18-10-12(21)19-9(14(22)23)4-5-24-13(10)19/h3-4,6,10,13H,2,5H2,1H3,(H2,16,17)(H,18,20)(H,22,23)/b7-3-. The summed E-state index contributed by atoms with van der Waals surface area (Å²) in [7, 11) is 0. The second-order valence-electron chi connectivity index (χ2n) is 5.37. The topological polar surface area (TPSA) is 126 Å². The van der Waals surface area contributed by atoms with Crippen LogP contribution in [0, 0.1) is 0 Å². The molecule has 2 aliphatic rings. The van der Waals surface area contributed by atoms with Crippen LogP contribution in [0.15, 0.2) is 23.2 Å². The fourth-order valence-corrected chi connectivity index (χ4v) is 4.44. The molecule has 1 aromatic heterocycles. The van der Waals surface area contributed by atoms with Crippen LogP contribution < -0.4 is 11.1 Å². The van der Waals surface area contributed by atoms with Crippen LogP contribution >= 0.6 is 23.1 Å². The highest BCUT2D eigenvalue weighted by Crippen LogP contribution is 2.37. The highest BCUT2D eigenvalue weighted by Gasteiger charge is 2.52. The Bertz CT molecular complexity index is 801. The van der Waals surface area contributed by atoms with Gasteiger partial charge in [0.2, 0.25) is 0 Å². The second kappa shape index (κ2) is 6.89. The van der Waals surface area contributed by atoms with E-state index in [2.05, 4.69) is 10.3 Å². The molecule has 0 radical (unpaired) electrons. The molecule has 0 aliphatic carbocycles. The lowest BCUT2D eigenvalue weighted by atomic mass is 10.0. The number of hydrogen-bond acceptors (Lipinski definition) is 7. The van der Waals surface area contributed by atoms with Crippen molar-refractivity contribution < 1.29 is 19.5 Å². The average molecular weight is 380 g/mol. The van der Waals surface area contributed by atoms with E-state index in [1.807, 2.05) is 6.92 Å². The average Bonchev–Trinajstić information content (AvgIpc) is 3.02. The molecule has 25 heavy (non-hydrogen) atoms. The van der Waals surface area contributed by atoms with Crippen LogP contribution in [0.25, 0.3) is 5.57 Å². The molecule has 2 atom stereocenters. The van der Waals surface area contributed by atoms with Gasteiger partial charge in [-0.3, -0.25) is 14.5 Å². The predicted molar refractivity (Wildman–Crippen MR) is 95.5 cm³/mol. The maximum Gasteiger partial charge on any atom is 0.352 e. The smallest absolute Gasteiger partial charge is 0.352 e. The number of β-lactam (4-membered cyclic amide) rings is 1. The molecule has 0 saturated carbocycles. The fourth-order valence-electron chi connectivity index (χ4n) is 2.69. The molecule has 3 rings (SSSR count). The van der Waals surface area contributed by atoms with Gasteiger partial charge in [0.1, 0.15) is 17.1 Å². The Balaban J connectivity index is 1.75. The van der Waals surface area contributed by atoms with Gasteiger partial charge in [-0.2, -0.15) is 0 Å². The van der Waals surface area contributed by atoms with Gasteiger partial charge in [0.25, 0.3) is 11.8 Å². The number of thioether (sulfide) groups is 1. The number of nitrogens with zero attached hydrogens (tertiary/aromatic N) is 2. The van der Waals surface area contributed by atoms with E-state index in [9.17, 15) is 14.4 Å². The summed E-state index contributed by atoms with van der Waals surface area (Å²) in [5.41, 5.74) is 6.42. The van der Waals surface area contributed by atoms with Gasteiger partial charge >= 0.3 is 5.97 Å². The number of carboxylic acids is 1. The highest BCUT2D eigenvalue weighted by molar-refractivity contribution is 8.00. The van der Waals surface area contributed by atoms with E-state index in [0.29, 0.717) is 28.6 Å². The van der Waals surface area contributed by atoms with Crippen molar-refractivity contribution in [2.24, 2.45) is 0 Å². The third kappa shape index (κ3) is 3.14. The highest BCUT2D eigenvalue weighted by atomic mass is 32.2. The van der Waals surface area contributed by atoms with Crippen molar-refractivity contribution in [1.29, 1.82) is 0 Å². The number of carbonyl (C=O) groups is 3. The molecule has 10 heteroatoms. The van der Waals surface area contributed by atoms with Gasteiger partial charge in [0.05, 0.1) is 11.3 Å². The van der Waals surface area contributed by atoms with E-state index in [1.54, 1.807) is 11.5 Å². The lowest BCUT2D eigenvalue weighted by molar-refractivity contribution is -0.150. The number of hydrogen-bond donors (Lipinski definition) is 3. The predicted octanol–water partition coefficient (Wildman–Crippen LogP) is 0.887. The molecule has 2 aliphatic heterocycles. The van der Waals surface area contributed by atoms with Crippen LogP contribution in [0.5, 0.6) is 0 Å². The van der Waals surface area contributed by atoms with Gasteiger partial charge in [-0.15, -0.1) is 23.1 Å². The summed E-state index contributed by atoms with van der Waals surface area (Å²) in [5, 5.41) is 13.5. The number of amides is 2. The van der Waals surface area contributed by atoms with Gasteiger partial charge in [0.15, 0.2) is 5.13 Å². The number of allylic oxidation sites excluding steroid dienone is 1. The molecule has 1 saturated heterocycles. The Kier molecular flexibility index (Phi) is 4.82. The normalized spacial score (nSPS) is 22.8. The molecule has 1 fully saturated rings. The first kappa shape index (κ1) is 17.5. The quantitative estimate of drug-likeness (QED) is 0.511. The van der Waals surface area contributed by atoms with Crippen molar-refractivity contribution in [1.82, 2.24) is 15.2 Å². The van der Waals surface area contributed by atoms with Crippen LogP contribution in [0.3, 0.4) is 0 Å². The number of nitrogens with two attached hydrogens (primary N) is 1. The van der Waals surface area contributed by atoms with Gasteiger partial charge in [0, 0.05) is 11.1 Å². The van der Waals surface area contributed by atoms with Crippen molar-refractivity contribution in [3.8, 4) is 0 Å². The zero-order valence-electron chi connectivity index (χ0n) is 13.3. The van der Waals surface area contributed by atoms with Crippen LogP contribution in [0.2, 0.25) is 0 Å². The number of thiazole rings is 1. The lowest BCUT2D eigenvalue weighted by Crippen LogP contribution is -2.70. The largest absolute Gasteiger partial charge is 0.477 e. The molecule has 0 aromatic carbocycles. The van der Waals surface area contributed by atoms with E-state index < -0.39 is 29.2 Å². The van der Waals surface area contributed by atoms with Gasteiger partial charge in [-0.1, -0.05) is 13.0 Å². The minimum Gasteiger partial charge on any atom is -0.477 e. The first-order chi connectivity index (χ1) is 11.9. The number of carboxylic acid groups (broad SMARTS) is 1. The van der Waals surface area contributed by atoms with E-state index in [1.165, 1.54) is 34.1 Å². The summed E-state index contributed by atoms with van der Waals surface area (Å²) in [5.74, 6) is -1.51. The summed E-state index contributed by atoms with van der Waals surface area (Å²) < 4.78 is 0. The molecule has 1 aromatic rings. The molecule has 8 nitrogen and oxygen atoms in total. The molecule has 2 unspecified atom stereocenters. The SMILES string of the molecule is CC/C=C(\C(=O)NC1C(=O)N2C(C(=O)O)=CCSC12)c1csc(N)n1. The number of nitrogen functional groups attached to an aromatic ring is 1. The minimum atomic E-state index is -1.15. The van der Waals surface area contributed by atoms with Crippen LogP contribution in [-0.2, 0) is 14.4 Å². The van der Waals surface area contributed by atoms with Crippen LogP contribution in [0.4, 0.5) is 5.13 Å². The Labute approximate surface area is 151 Å². The molecule has 2 amide bonds. The van der Waals surface area contributed by atoms with Crippen LogP contribution in [0.1, 0.15) is 19.0 Å². The van der Waals surface area contributed by atoms with Gasteiger partial charge in [-0.25, -0.2) is 9.78 Å². The third-order valence-electron chi connectivity index (χ3n) is 3.80. The number of rotatable bonds is 5. The monoisotopic (exact) mass is 380 g/mol. The fraction of sp³-hybridized carbons (Fsp3) is 0.333. The number of aliphatic carboxylic acids is 1.